The first kappa shape index (κ1) is 14.0. The molecule has 1 unspecified atom stereocenters. The molecule has 1 aliphatic rings. The minimum Gasteiger partial charge on any atom is -0.334 e. The highest BCUT2D eigenvalue weighted by Gasteiger charge is 2.32. The van der Waals surface area contributed by atoms with Gasteiger partial charge in [-0.2, -0.15) is 18.3 Å². The van der Waals surface area contributed by atoms with Gasteiger partial charge in [0.1, 0.15) is 5.82 Å². The fourth-order valence-corrected chi connectivity index (χ4v) is 2.44. The van der Waals surface area contributed by atoms with Gasteiger partial charge < -0.3 is 9.88 Å². The summed E-state index contributed by atoms with van der Waals surface area (Å²) in [5.74, 6) is 0.959. The first-order chi connectivity index (χ1) is 10.0. The standard InChI is InChI=1S/C13H14F3N5/c14-13(15,16)11-4-3-9(19-20-11)8-18-10-2-1-6-21-7-5-17-12(10)21/h3-5,7,10,18H,1-2,6,8H2. The van der Waals surface area contributed by atoms with Crippen molar-refractivity contribution in [3.63, 3.8) is 0 Å². The minimum absolute atomic E-state index is 0.0952. The van der Waals surface area contributed by atoms with Gasteiger partial charge in [0.25, 0.3) is 0 Å². The maximum absolute atomic E-state index is 12.4. The van der Waals surface area contributed by atoms with Gasteiger partial charge in [-0.25, -0.2) is 4.98 Å². The van der Waals surface area contributed by atoms with E-state index in [1.807, 2.05) is 6.20 Å². The van der Waals surface area contributed by atoms with Crippen molar-refractivity contribution >= 4 is 0 Å². The van der Waals surface area contributed by atoms with E-state index in [1.54, 1.807) is 6.20 Å². The number of rotatable bonds is 3. The van der Waals surface area contributed by atoms with Crippen LogP contribution in [0.25, 0.3) is 0 Å². The summed E-state index contributed by atoms with van der Waals surface area (Å²) in [7, 11) is 0. The van der Waals surface area contributed by atoms with E-state index >= 15 is 0 Å². The van der Waals surface area contributed by atoms with Crippen LogP contribution in [0.15, 0.2) is 24.5 Å². The van der Waals surface area contributed by atoms with Gasteiger partial charge in [-0.15, -0.1) is 5.10 Å². The van der Waals surface area contributed by atoms with E-state index in [-0.39, 0.29) is 6.04 Å². The molecule has 1 aliphatic heterocycles. The van der Waals surface area contributed by atoms with E-state index < -0.39 is 11.9 Å². The second kappa shape index (κ2) is 5.44. The first-order valence-corrected chi connectivity index (χ1v) is 6.68. The monoisotopic (exact) mass is 297 g/mol. The van der Waals surface area contributed by atoms with Crippen molar-refractivity contribution in [2.24, 2.45) is 0 Å². The number of aryl methyl sites for hydroxylation is 1. The lowest BCUT2D eigenvalue weighted by Crippen LogP contribution is -2.28. The Bertz CT molecular complexity index is 605. The molecule has 5 nitrogen and oxygen atoms in total. The molecule has 1 atom stereocenters. The molecule has 112 valence electrons. The van der Waals surface area contributed by atoms with E-state index in [2.05, 4.69) is 25.1 Å². The molecule has 0 saturated heterocycles. The van der Waals surface area contributed by atoms with Crippen LogP contribution in [0.2, 0.25) is 0 Å². The lowest BCUT2D eigenvalue weighted by atomic mass is 10.1. The van der Waals surface area contributed by atoms with Crippen LogP contribution in [0.5, 0.6) is 0 Å². The third-order valence-electron chi connectivity index (χ3n) is 3.49. The van der Waals surface area contributed by atoms with Gasteiger partial charge in [-0.1, -0.05) is 0 Å². The van der Waals surface area contributed by atoms with Crippen LogP contribution in [0, 0.1) is 0 Å². The van der Waals surface area contributed by atoms with E-state index in [1.165, 1.54) is 6.07 Å². The van der Waals surface area contributed by atoms with Gasteiger partial charge in [0.15, 0.2) is 5.69 Å². The fraction of sp³-hybridized carbons (Fsp3) is 0.462. The van der Waals surface area contributed by atoms with Crippen molar-refractivity contribution < 1.29 is 13.2 Å². The maximum atomic E-state index is 12.4. The van der Waals surface area contributed by atoms with Gasteiger partial charge in [-0.05, 0) is 25.0 Å². The summed E-state index contributed by atoms with van der Waals surface area (Å²) in [5.41, 5.74) is -0.494. The predicted molar refractivity (Wildman–Crippen MR) is 68.1 cm³/mol. The zero-order valence-electron chi connectivity index (χ0n) is 11.1. The average Bonchev–Trinajstić information content (AvgIpc) is 2.93. The summed E-state index contributed by atoms with van der Waals surface area (Å²) in [6.45, 7) is 1.32. The van der Waals surface area contributed by atoms with Crippen molar-refractivity contribution in [1.82, 2.24) is 25.1 Å². The van der Waals surface area contributed by atoms with E-state index in [9.17, 15) is 13.2 Å². The summed E-state index contributed by atoms with van der Waals surface area (Å²) in [6, 6.07) is 2.39. The molecule has 0 bridgehead atoms. The molecule has 0 spiro atoms. The highest BCUT2D eigenvalue weighted by Crippen LogP contribution is 2.27. The van der Waals surface area contributed by atoms with Crippen molar-refractivity contribution in [3.05, 3.63) is 41.7 Å². The Balaban J connectivity index is 1.64. The zero-order chi connectivity index (χ0) is 14.9. The van der Waals surface area contributed by atoms with Gasteiger partial charge >= 0.3 is 6.18 Å². The fourth-order valence-electron chi connectivity index (χ4n) is 2.44. The Hall–Kier alpha value is -1.96. The second-order valence-corrected chi connectivity index (χ2v) is 4.96. The van der Waals surface area contributed by atoms with Crippen molar-refractivity contribution in [2.75, 3.05) is 0 Å². The molecule has 3 rings (SSSR count). The third-order valence-corrected chi connectivity index (χ3v) is 3.49. The Morgan fingerprint density at radius 1 is 1.29 bits per heavy atom. The van der Waals surface area contributed by atoms with Crippen LogP contribution in [-0.4, -0.2) is 19.7 Å². The minimum atomic E-state index is -4.45. The normalized spacial score (nSPS) is 18.5. The Kier molecular flexibility index (Phi) is 3.62. The van der Waals surface area contributed by atoms with Crippen molar-refractivity contribution in [3.8, 4) is 0 Å². The number of hydrogen-bond acceptors (Lipinski definition) is 4. The highest BCUT2D eigenvalue weighted by molar-refractivity contribution is 5.10. The number of aromatic nitrogens is 4. The van der Waals surface area contributed by atoms with Crippen molar-refractivity contribution in [1.29, 1.82) is 0 Å². The summed E-state index contributed by atoms with van der Waals surface area (Å²) in [4.78, 5) is 4.31. The number of nitrogens with one attached hydrogen (secondary N) is 1. The number of hydrogen-bond donors (Lipinski definition) is 1. The SMILES string of the molecule is FC(F)(F)c1ccc(CNC2CCCn3ccnc32)nn1. The molecule has 0 saturated carbocycles. The zero-order valence-corrected chi connectivity index (χ0v) is 11.1. The number of fused-ring (bicyclic) bond motifs is 1. The summed E-state index contributed by atoms with van der Waals surface area (Å²) in [5, 5.41) is 10.1. The largest absolute Gasteiger partial charge is 0.435 e. The molecule has 2 aromatic rings. The number of imidazole rings is 1. The van der Waals surface area contributed by atoms with Crippen LogP contribution in [0.4, 0.5) is 13.2 Å². The first-order valence-electron chi connectivity index (χ1n) is 6.68. The predicted octanol–water partition coefficient (Wildman–Crippen LogP) is 2.32. The van der Waals surface area contributed by atoms with Gasteiger partial charge in [0.2, 0.25) is 0 Å². The lowest BCUT2D eigenvalue weighted by molar-refractivity contribution is -0.141. The van der Waals surface area contributed by atoms with Crippen LogP contribution in [-0.2, 0) is 19.3 Å². The molecular formula is C13H14F3N5. The summed E-state index contributed by atoms with van der Waals surface area (Å²) >= 11 is 0. The number of halogens is 3. The Morgan fingerprint density at radius 3 is 2.86 bits per heavy atom. The quantitative estimate of drug-likeness (QED) is 0.944. The number of nitrogens with zero attached hydrogens (tertiary/aromatic N) is 4. The molecule has 0 aromatic carbocycles. The van der Waals surface area contributed by atoms with Gasteiger partial charge in [-0.3, -0.25) is 0 Å². The second-order valence-electron chi connectivity index (χ2n) is 4.96. The van der Waals surface area contributed by atoms with Crippen LogP contribution in [0.1, 0.15) is 36.1 Å². The summed E-state index contributed by atoms with van der Waals surface area (Å²) in [6.07, 6.45) is 1.23. The highest BCUT2D eigenvalue weighted by atomic mass is 19.4. The van der Waals surface area contributed by atoms with Crippen molar-refractivity contribution in [2.45, 2.75) is 38.1 Å². The van der Waals surface area contributed by atoms with E-state index in [0.29, 0.717) is 12.2 Å². The van der Waals surface area contributed by atoms with Crippen LogP contribution < -0.4 is 5.32 Å². The molecule has 0 radical (unpaired) electrons. The lowest BCUT2D eigenvalue weighted by Gasteiger charge is -2.24. The van der Waals surface area contributed by atoms with E-state index in [4.69, 9.17) is 0 Å². The average molecular weight is 297 g/mol. The van der Waals surface area contributed by atoms with Crippen LogP contribution >= 0.6 is 0 Å². The molecule has 0 fully saturated rings. The maximum Gasteiger partial charge on any atom is 0.435 e. The van der Waals surface area contributed by atoms with Gasteiger partial charge in [0, 0.05) is 25.5 Å². The third kappa shape index (κ3) is 3.05. The number of alkyl halides is 3. The van der Waals surface area contributed by atoms with E-state index in [0.717, 1.165) is 31.3 Å². The Labute approximate surface area is 119 Å². The molecule has 8 heteroatoms. The molecule has 3 heterocycles. The molecule has 0 amide bonds. The van der Waals surface area contributed by atoms with Gasteiger partial charge in [0.05, 0.1) is 11.7 Å². The summed E-state index contributed by atoms with van der Waals surface area (Å²) < 4.78 is 39.3. The molecule has 0 aliphatic carbocycles. The molecule has 2 aromatic heterocycles. The van der Waals surface area contributed by atoms with Crippen LogP contribution in [0.3, 0.4) is 0 Å². The molecule has 21 heavy (non-hydrogen) atoms. The topological polar surface area (TPSA) is 55.6 Å². The Morgan fingerprint density at radius 2 is 2.14 bits per heavy atom. The molecular weight excluding hydrogens is 283 g/mol. The molecule has 1 N–H and O–H groups in total. The smallest absolute Gasteiger partial charge is 0.334 e.